The van der Waals surface area contributed by atoms with Gasteiger partial charge in [-0.1, -0.05) is 30.3 Å². The van der Waals surface area contributed by atoms with Gasteiger partial charge in [0.15, 0.2) is 5.82 Å². The number of piperazine rings is 1. The molecule has 1 aliphatic rings. The van der Waals surface area contributed by atoms with E-state index in [-0.39, 0.29) is 0 Å². The summed E-state index contributed by atoms with van der Waals surface area (Å²) in [7, 11) is 1.91. The molecule has 5 rings (SSSR count). The molecule has 0 atom stereocenters. The highest BCUT2D eigenvalue weighted by atomic mass is 19.1. The van der Waals surface area contributed by atoms with Crippen molar-refractivity contribution in [3.63, 3.8) is 0 Å². The Hall–Kier alpha value is -4.53. The molecule has 1 fully saturated rings. The van der Waals surface area contributed by atoms with Crippen molar-refractivity contribution in [2.75, 3.05) is 41.3 Å². The number of hydrogen-bond acceptors (Lipinski definition) is 6. The second-order valence-electron chi connectivity index (χ2n) is 9.36. The minimum Gasteiger partial charge on any atom is -0.368 e. The van der Waals surface area contributed by atoms with E-state index in [4.69, 9.17) is 0 Å². The lowest BCUT2D eigenvalue weighted by Crippen LogP contribution is -2.47. The van der Waals surface area contributed by atoms with E-state index in [9.17, 15) is 14.0 Å². The number of nitrogens with zero attached hydrogens (tertiary/aromatic N) is 5. The summed E-state index contributed by atoms with van der Waals surface area (Å²) in [5, 5.41) is 2.77. The van der Waals surface area contributed by atoms with Crippen LogP contribution in [0.5, 0.6) is 0 Å². The summed E-state index contributed by atoms with van der Waals surface area (Å²) in [6, 6.07) is 17.1. The molecule has 1 saturated heterocycles. The molecule has 0 unspecified atom stereocenters. The van der Waals surface area contributed by atoms with Gasteiger partial charge in [0.2, 0.25) is 5.95 Å². The van der Waals surface area contributed by atoms with Crippen LogP contribution >= 0.6 is 0 Å². The summed E-state index contributed by atoms with van der Waals surface area (Å²) in [5.74, 6) is -1.16. The molecule has 1 amide bonds. The number of hydrogen-bond donors (Lipinski definition) is 1. The number of carbonyl (C=O) groups is 2. The molecule has 0 radical (unpaired) electrons. The summed E-state index contributed by atoms with van der Waals surface area (Å²) < 4.78 is 15.1. The van der Waals surface area contributed by atoms with E-state index in [1.807, 2.05) is 72.8 Å². The molecule has 8 nitrogen and oxygen atoms in total. The number of halogens is 1. The molecule has 0 bridgehead atoms. The van der Waals surface area contributed by atoms with Crippen LogP contribution in [0.25, 0.3) is 11.3 Å². The minimum absolute atomic E-state index is 0.424. The third-order valence-corrected chi connectivity index (χ3v) is 7.13. The van der Waals surface area contributed by atoms with Gasteiger partial charge in [-0.3, -0.25) is 9.59 Å². The van der Waals surface area contributed by atoms with Crippen molar-refractivity contribution in [2.24, 2.45) is 7.05 Å². The van der Waals surface area contributed by atoms with Crippen LogP contribution in [0.4, 0.5) is 21.7 Å². The van der Waals surface area contributed by atoms with Gasteiger partial charge in [-0.2, -0.15) is 0 Å². The Morgan fingerprint density at radius 3 is 2.11 bits per heavy atom. The lowest BCUT2D eigenvalue weighted by atomic mass is 10.0. The maximum atomic E-state index is 13.3. The number of aromatic nitrogens is 3. The Morgan fingerprint density at radius 1 is 0.868 bits per heavy atom. The van der Waals surface area contributed by atoms with Crippen molar-refractivity contribution < 1.29 is 14.0 Å². The fourth-order valence-electron chi connectivity index (χ4n) is 4.85. The zero-order valence-electron chi connectivity index (χ0n) is 21.6. The zero-order valence-corrected chi connectivity index (χ0v) is 21.6. The second-order valence-corrected chi connectivity index (χ2v) is 9.36. The molecular weight excluding hydrogens is 483 g/mol. The molecule has 4 aromatic rings. The number of benzene rings is 2. The maximum absolute atomic E-state index is 13.3. The highest BCUT2D eigenvalue weighted by Crippen LogP contribution is 2.31. The average molecular weight is 513 g/mol. The van der Waals surface area contributed by atoms with Crippen molar-refractivity contribution in [3.8, 4) is 11.3 Å². The predicted molar refractivity (Wildman–Crippen MR) is 146 cm³/mol. The van der Waals surface area contributed by atoms with Crippen molar-refractivity contribution in [2.45, 2.75) is 13.8 Å². The molecule has 9 heteroatoms. The number of rotatable bonds is 6. The largest absolute Gasteiger partial charge is 0.368 e. The molecule has 38 heavy (non-hydrogen) atoms. The average Bonchev–Trinajstić information content (AvgIpc) is 3.18. The molecule has 194 valence electrons. The van der Waals surface area contributed by atoms with Crippen LogP contribution in [0.1, 0.15) is 21.6 Å². The molecule has 1 N–H and O–H groups in total. The summed E-state index contributed by atoms with van der Waals surface area (Å²) in [6.07, 6.45) is 2.35. The van der Waals surface area contributed by atoms with Crippen molar-refractivity contribution in [3.05, 3.63) is 89.6 Å². The molecule has 0 spiro atoms. The van der Waals surface area contributed by atoms with Crippen molar-refractivity contribution in [1.82, 2.24) is 14.5 Å². The number of amides is 1. The Balaban J connectivity index is 1.26. The number of nitrogens with one attached hydrogen (secondary N) is 1. The molecule has 0 saturated carbocycles. The van der Waals surface area contributed by atoms with Crippen LogP contribution in [-0.4, -0.2) is 52.4 Å². The first kappa shape index (κ1) is 25.1. The maximum Gasteiger partial charge on any atom is 0.296 e. The van der Waals surface area contributed by atoms with Gasteiger partial charge in [-0.25, -0.2) is 14.4 Å². The van der Waals surface area contributed by atoms with Gasteiger partial charge in [0.05, 0.1) is 23.7 Å². The second kappa shape index (κ2) is 10.5. The van der Waals surface area contributed by atoms with Crippen molar-refractivity contribution in [1.29, 1.82) is 0 Å². The number of anilines is 3. The van der Waals surface area contributed by atoms with Gasteiger partial charge < -0.3 is 19.7 Å². The highest BCUT2D eigenvalue weighted by molar-refractivity contribution is 6.47. The monoisotopic (exact) mass is 512 g/mol. The molecule has 0 aliphatic carbocycles. The topological polar surface area (TPSA) is 83.4 Å². The third-order valence-electron chi connectivity index (χ3n) is 7.13. The van der Waals surface area contributed by atoms with E-state index in [0.29, 0.717) is 30.3 Å². The van der Waals surface area contributed by atoms with E-state index in [1.165, 1.54) is 12.4 Å². The SMILES string of the molecule is Cc1c(C(=O)C(=O)Nc2ccc(N3CCN(c4ncc(F)cn4)CC3)cc2)c(-c2ccccc2)n(C)c1C. The van der Waals surface area contributed by atoms with Gasteiger partial charge in [-0.15, -0.1) is 0 Å². The van der Waals surface area contributed by atoms with Crippen LogP contribution < -0.4 is 15.1 Å². The fourth-order valence-corrected chi connectivity index (χ4v) is 4.85. The molecule has 1 aliphatic heterocycles. The number of ketones is 1. The smallest absolute Gasteiger partial charge is 0.296 e. The Bertz CT molecular complexity index is 1460. The molecular formula is C29H29FN6O2. The highest BCUT2D eigenvalue weighted by Gasteiger charge is 2.27. The van der Waals surface area contributed by atoms with E-state index >= 15 is 0 Å². The number of Topliss-reactive ketones (excluding diaryl/α,β-unsaturated/α-hetero) is 1. The summed E-state index contributed by atoms with van der Waals surface area (Å²) in [4.78, 5) is 38.7. The van der Waals surface area contributed by atoms with Gasteiger partial charge in [0.25, 0.3) is 11.7 Å². The number of carbonyl (C=O) groups excluding carboxylic acids is 2. The predicted octanol–water partition coefficient (Wildman–Crippen LogP) is 4.39. The van der Waals surface area contributed by atoms with Crippen LogP contribution in [0.2, 0.25) is 0 Å². The quantitative estimate of drug-likeness (QED) is 0.305. The molecule has 2 aromatic carbocycles. The van der Waals surface area contributed by atoms with E-state index < -0.39 is 17.5 Å². The van der Waals surface area contributed by atoms with Crippen LogP contribution in [-0.2, 0) is 11.8 Å². The Kier molecular flexibility index (Phi) is 6.91. The van der Waals surface area contributed by atoms with E-state index in [2.05, 4.69) is 20.2 Å². The molecule has 2 aromatic heterocycles. The standard InChI is InChI=1S/C29H29FN6O2/c1-19-20(2)34(3)26(21-7-5-4-6-8-21)25(19)27(37)28(38)33-23-9-11-24(12-10-23)35-13-15-36(16-14-35)29-31-17-22(30)18-32-29/h4-12,17-18H,13-16H2,1-3H3,(H,33,38). The summed E-state index contributed by atoms with van der Waals surface area (Å²) in [5.41, 5.74) is 5.35. The lowest BCUT2D eigenvalue weighted by molar-refractivity contribution is -0.112. The van der Waals surface area contributed by atoms with Crippen LogP contribution in [0.3, 0.4) is 0 Å². The fraction of sp³-hybridized carbons (Fsp3) is 0.241. The lowest BCUT2D eigenvalue weighted by Gasteiger charge is -2.36. The normalized spacial score (nSPS) is 13.5. The Labute approximate surface area is 220 Å². The van der Waals surface area contributed by atoms with Crippen molar-refractivity contribution >= 4 is 29.0 Å². The van der Waals surface area contributed by atoms with Gasteiger partial charge in [0.1, 0.15) is 0 Å². The zero-order chi connectivity index (χ0) is 26.8. The van der Waals surface area contributed by atoms with Gasteiger partial charge in [0, 0.05) is 50.3 Å². The summed E-state index contributed by atoms with van der Waals surface area (Å²) >= 11 is 0. The van der Waals surface area contributed by atoms with Crippen LogP contribution in [0, 0.1) is 19.7 Å². The first-order valence-corrected chi connectivity index (χ1v) is 12.5. The van der Waals surface area contributed by atoms with E-state index in [0.717, 1.165) is 41.3 Å². The summed E-state index contributed by atoms with van der Waals surface area (Å²) in [6.45, 7) is 6.73. The first-order valence-electron chi connectivity index (χ1n) is 12.5. The van der Waals surface area contributed by atoms with Gasteiger partial charge >= 0.3 is 0 Å². The third kappa shape index (κ3) is 4.87. The first-order chi connectivity index (χ1) is 18.3. The van der Waals surface area contributed by atoms with Crippen LogP contribution in [0.15, 0.2) is 67.0 Å². The Morgan fingerprint density at radius 2 is 1.47 bits per heavy atom. The van der Waals surface area contributed by atoms with Gasteiger partial charge in [-0.05, 0) is 49.2 Å². The molecule has 3 heterocycles. The minimum atomic E-state index is -0.670. The van der Waals surface area contributed by atoms with E-state index in [1.54, 1.807) is 12.1 Å².